The van der Waals surface area contributed by atoms with Gasteiger partial charge in [-0.2, -0.15) is 0 Å². The van der Waals surface area contributed by atoms with Crippen LogP contribution in [0.4, 0.5) is 14.5 Å². The Morgan fingerprint density at radius 1 is 1.32 bits per heavy atom. The Morgan fingerprint density at radius 3 is 2.82 bits per heavy atom. The summed E-state index contributed by atoms with van der Waals surface area (Å²) < 4.78 is 31.9. The monoisotopic (exact) mass is 542 g/mol. The number of benzene rings is 1. The van der Waals surface area contributed by atoms with E-state index in [-0.39, 0.29) is 24.8 Å². The average Bonchev–Trinajstić information content (AvgIpc) is 3.29. The Bertz CT molecular complexity index is 1180. The normalized spacial score (nSPS) is 23.6. The number of amides is 1. The number of alkyl halides is 2. The summed E-state index contributed by atoms with van der Waals surface area (Å²) in [6.07, 6.45) is 8.89. The summed E-state index contributed by atoms with van der Waals surface area (Å²) in [6, 6.07) is 5.78. The van der Waals surface area contributed by atoms with E-state index in [4.69, 9.17) is 4.74 Å². The van der Waals surface area contributed by atoms with Crippen molar-refractivity contribution >= 4 is 35.2 Å². The molecule has 204 valence electrons. The van der Waals surface area contributed by atoms with Crippen molar-refractivity contribution in [3.8, 4) is 5.19 Å². The zero-order valence-electron chi connectivity index (χ0n) is 21.9. The molecule has 0 spiro atoms. The molecule has 3 aliphatic rings. The number of fused-ring (bicyclic) bond motifs is 1. The van der Waals surface area contributed by atoms with Crippen LogP contribution in [-0.2, 0) is 13.0 Å². The molecule has 1 N–H and O–H groups in total. The molecule has 2 aliphatic carbocycles. The molecule has 1 aromatic carbocycles. The quantitative estimate of drug-likeness (QED) is 0.371. The number of thiazole rings is 1. The molecular weight excluding hydrogens is 506 g/mol. The van der Waals surface area contributed by atoms with Crippen molar-refractivity contribution in [2.75, 3.05) is 13.1 Å². The minimum Gasteiger partial charge on any atom is -0.466 e. The molecule has 9 heteroatoms. The van der Waals surface area contributed by atoms with Gasteiger partial charge < -0.3 is 10.1 Å². The lowest BCUT2D eigenvalue weighted by atomic mass is 9.84. The van der Waals surface area contributed by atoms with Crippen LogP contribution in [0.15, 0.2) is 29.8 Å². The summed E-state index contributed by atoms with van der Waals surface area (Å²) in [6.45, 7) is 8.55. The molecule has 0 unspecified atom stereocenters. The van der Waals surface area contributed by atoms with E-state index in [0.717, 1.165) is 75.1 Å². The number of aliphatic imine (C=N–C) groups is 1. The molecule has 0 radical (unpaired) electrons. The lowest BCUT2D eigenvalue weighted by Crippen LogP contribution is -2.43. The second kappa shape index (κ2) is 11.6. The number of aromatic nitrogens is 1. The van der Waals surface area contributed by atoms with E-state index >= 15 is 0 Å². The highest BCUT2D eigenvalue weighted by Crippen LogP contribution is 2.41. The molecule has 1 amide bonds. The second-order valence-corrected chi connectivity index (χ2v) is 11.7. The lowest BCUT2D eigenvalue weighted by molar-refractivity contribution is -0.134. The van der Waals surface area contributed by atoms with Crippen LogP contribution in [-0.4, -0.2) is 53.2 Å². The summed E-state index contributed by atoms with van der Waals surface area (Å²) >= 11 is 1.52. The van der Waals surface area contributed by atoms with Crippen LogP contribution in [0.2, 0.25) is 0 Å². The third-order valence-corrected chi connectivity index (χ3v) is 8.99. The molecule has 38 heavy (non-hydrogen) atoms. The predicted molar refractivity (Wildman–Crippen MR) is 148 cm³/mol. The molecule has 6 nitrogen and oxygen atoms in total. The highest BCUT2D eigenvalue weighted by molar-refractivity contribution is 7.13. The zero-order valence-corrected chi connectivity index (χ0v) is 22.7. The molecule has 2 saturated carbocycles. The van der Waals surface area contributed by atoms with Crippen LogP contribution in [0.1, 0.15) is 78.4 Å². The molecule has 1 aromatic heterocycles. The van der Waals surface area contributed by atoms with E-state index in [1.54, 1.807) is 12.3 Å². The largest absolute Gasteiger partial charge is 0.466 e. The van der Waals surface area contributed by atoms with E-state index in [1.807, 2.05) is 25.1 Å². The number of carbonyl (C=O) groups excluding carboxylic acids is 1. The minimum absolute atomic E-state index is 0.0572. The fourth-order valence-corrected chi connectivity index (χ4v) is 6.72. The first-order chi connectivity index (χ1) is 18.3. The van der Waals surface area contributed by atoms with Gasteiger partial charge in [-0.3, -0.25) is 14.7 Å². The highest BCUT2D eigenvalue weighted by Gasteiger charge is 2.47. The maximum atomic E-state index is 13.1. The van der Waals surface area contributed by atoms with Gasteiger partial charge in [0.25, 0.3) is 17.0 Å². The first-order valence-electron chi connectivity index (χ1n) is 13.6. The van der Waals surface area contributed by atoms with Crippen LogP contribution in [0.3, 0.4) is 0 Å². The Balaban J connectivity index is 1.05. The lowest BCUT2D eigenvalue weighted by Gasteiger charge is -2.33. The molecule has 2 fully saturated rings. The van der Waals surface area contributed by atoms with Crippen molar-refractivity contribution in [3.05, 3.63) is 46.5 Å². The summed E-state index contributed by atoms with van der Waals surface area (Å²) in [5, 5.41) is 3.78. The third kappa shape index (κ3) is 6.31. The third-order valence-electron chi connectivity index (χ3n) is 7.94. The van der Waals surface area contributed by atoms with Gasteiger partial charge in [0, 0.05) is 54.2 Å². The molecule has 2 aromatic rings. The van der Waals surface area contributed by atoms with E-state index in [1.165, 1.54) is 16.2 Å². The molecule has 5 rings (SSSR count). The van der Waals surface area contributed by atoms with Crippen LogP contribution in [0.25, 0.3) is 6.08 Å². The maximum absolute atomic E-state index is 13.1. The van der Waals surface area contributed by atoms with Gasteiger partial charge in [0.05, 0.1) is 11.4 Å². The Morgan fingerprint density at radius 2 is 2.11 bits per heavy atom. The number of halogens is 2. The number of nitrogens with one attached hydrogen (secondary N) is 1. The highest BCUT2D eigenvalue weighted by atomic mass is 32.1. The van der Waals surface area contributed by atoms with Crippen molar-refractivity contribution in [2.24, 2.45) is 10.9 Å². The predicted octanol–water partition coefficient (Wildman–Crippen LogP) is 6.42. The number of carbonyl (C=O) groups is 1. The molecule has 0 atom stereocenters. The first-order valence-corrected chi connectivity index (χ1v) is 14.5. The van der Waals surface area contributed by atoms with Crippen LogP contribution in [0, 0.1) is 5.92 Å². The molecular formula is C29H36F2N4O2S. The number of nitrogens with zero attached hydrogens (tertiary/aromatic N) is 3. The number of hydrogen-bond acceptors (Lipinski definition) is 6. The van der Waals surface area contributed by atoms with Gasteiger partial charge in [-0.15, -0.1) is 0 Å². The molecule has 0 saturated heterocycles. The SMILES string of the molecule is C=Cc1c(N=CC)cccc1C(=O)NC1CCC(CCN2CCc3sc(OC4CC(F)(F)C4)nc3C2)CC1. The van der Waals surface area contributed by atoms with Crippen LogP contribution >= 0.6 is 11.3 Å². The van der Waals surface area contributed by atoms with Gasteiger partial charge in [-0.1, -0.05) is 30.1 Å². The second-order valence-electron chi connectivity index (χ2n) is 10.7. The van der Waals surface area contributed by atoms with Gasteiger partial charge in [0.2, 0.25) is 0 Å². The average molecular weight is 543 g/mol. The van der Waals surface area contributed by atoms with Gasteiger partial charge in [0.1, 0.15) is 6.10 Å². The maximum Gasteiger partial charge on any atom is 0.273 e. The number of hydrogen-bond donors (Lipinski definition) is 1. The first kappa shape index (κ1) is 26.9. The minimum atomic E-state index is -2.58. The fraction of sp³-hybridized carbons (Fsp3) is 0.552. The molecule has 2 heterocycles. The van der Waals surface area contributed by atoms with E-state index in [2.05, 4.69) is 26.8 Å². The Hall–Kier alpha value is -2.65. The summed E-state index contributed by atoms with van der Waals surface area (Å²) in [4.78, 5) is 25.6. The molecule has 1 aliphatic heterocycles. The number of rotatable bonds is 9. The van der Waals surface area contributed by atoms with Crippen molar-refractivity contribution in [2.45, 2.75) is 82.9 Å². The standard InChI is InChI=1S/C29H36F2N4O2S/c1-3-22-23(6-5-7-24(22)32-4-2)27(36)33-20-10-8-19(9-11-20)12-14-35-15-13-26-25(18-35)34-28(38-26)37-21-16-29(30,31)17-21/h3-7,19-21H,1,8-18H2,2H3,(H,33,36). The van der Waals surface area contributed by atoms with Gasteiger partial charge in [-0.05, 0) is 70.0 Å². The van der Waals surface area contributed by atoms with Crippen molar-refractivity contribution in [3.63, 3.8) is 0 Å². The topological polar surface area (TPSA) is 66.8 Å². The van der Waals surface area contributed by atoms with Crippen molar-refractivity contribution in [1.82, 2.24) is 15.2 Å². The Kier molecular flexibility index (Phi) is 8.23. The molecule has 0 bridgehead atoms. The summed E-state index contributed by atoms with van der Waals surface area (Å²) in [7, 11) is 0. The van der Waals surface area contributed by atoms with E-state index in [0.29, 0.717) is 16.7 Å². The van der Waals surface area contributed by atoms with Crippen LogP contribution < -0.4 is 10.1 Å². The fourth-order valence-electron chi connectivity index (χ4n) is 5.74. The van der Waals surface area contributed by atoms with Crippen molar-refractivity contribution < 1.29 is 18.3 Å². The smallest absolute Gasteiger partial charge is 0.273 e. The zero-order chi connectivity index (χ0) is 26.7. The number of ether oxygens (including phenoxy) is 1. The van der Waals surface area contributed by atoms with E-state index in [9.17, 15) is 13.6 Å². The summed E-state index contributed by atoms with van der Waals surface area (Å²) in [5.41, 5.74) is 3.19. The van der Waals surface area contributed by atoms with Gasteiger partial charge >= 0.3 is 0 Å². The Labute approximate surface area is 227 Å². The van der Waals surface area contributed by atoms with Gasteiger partial charge in [-0.25, -0.2) is 13.8 Å². The van der Waals surface area contributed by atoms with Crippen LogP contribution in [0.5, 0.6) is 5.19 Å². The summed E-state index contributed by atoms with van der Waals surface area (Å²) in [5.74, 6) is -1.98. The van der Waals surface area contributed by atoms with Crippen molar-refractivity contribution in [1.29, 1.82) is 0 Å². The van der Waals surface area contributed by atoms with Gasteiger partial charge in [0.15, 0.2) is 0 Å². The van der Waals surface area contributed by atoms with E-state index < -0.39 is 12.0 Å².